The standard InChI is InChI=1S/C6H5N3.C6H10N2O2/c7-9-8-6-4-2-1-3-5-6;1-2-6(10)8-3-5(7)4-9/h1-5H;2,4-5H,1,3,7H2,(H,8,10). The minimum absolute atomic E-state index is 0.161. The van der Waals surface area contributed by atoms with Gasteiger partial charge in [0, 0.05) is 17.1 Å². The molecule has 100 valence electrons. The lowest BCUT2D eigenvalue weighted by molar-refractivity contribution is -0.116. The third-order valence-corrected chi connectivity index (χ3v) is 1.79. The van der Waals surface area contributed by atoms with Crippen LogP contribution in [0, 0.1) is 0 Å². The zero-order valence-corrected chi connectivity index (χ0v) is 10.3. The third kappa shape index (κ3) is 9.11. The number of carbonyl (C=O) groups is 2. The van der Waals surface area contributed by atoms with Crippen LogP contribution < -0.4 is 11.1 Å². The zero-order chi connectivity index (χ0) is 14.5. The Kier molecular flexibility index (Phi) is 9.06. The highest BCUT2D eigenvalue weighted by Gasteiger charge is 1.99. The van der Waals surface area contributed by atoms with Crippen molar-refractivity contribution in [2.24, 2.45) is 10.8 Å². The Labute approximate surface area is 110 Å². The molecule has 1 aromatic carbocycles. The van der Waals surface area contributed by atoms with E-state index in [-0.39, 0.29) is 12.5 Å². The first-order valence-electron chi connectivity index (χ1n) is 5.35. The van der Waals surface area contributed by atoms with Crippen molar-refractivity contribution in [1.82, 2.24) is 5.32 Å². The molecular weight excluding hydrogens is 246 g/mol. The van der Waals surface area contributed by atoms with Gasteiger partial charge in [0.15, 0.2) is 0 Å². The molecule has 1 atom stereocenters. The lowest BCUT2D eigenvalue weighted by Crippen LogP contribution is -2.37. The van der Waals surface area contributed by atoms with E-state index < -0.39 is 6.04 Å². The zero-order valence-electron chi connectivity index (χ0n) is 10.3. The summed E-state index contributed by atoms with van der Waals surface area (Å²) in [4.78, 5) is 23.0. The van der Waals surface area contributed by atoms with Gasteiger partial charge in [-0.25, -0.2) is 0 Å². The fourth-order valence-corrected chi connectivity index (χ4v) is 0.885. The smallest absolute Gasteiger partial charge is 0.243 e. The normalized spacial score (nSPS) is 9.95. The minimum Gasteiger partial charge on any atom is -0.351 e. The second-order valence-electron chi connectivity index (χ2n) is 3.27. The van der Waals surface area contributed by atoms with Crippen molar-refractivity contribution in [3.8, 4) is 0 Å². The lowest BCUT2D eigenvalue weighted by Gasteiger charge is -2.02. The van der Waals surface area contributed by atoms with Gasteiger partial charge in [0.2, 0.25) is 5.91 Å². The molecule has 0 aromatic heterocycles. The number of nitrogens with one attached hydrogen (secondary N) is 1. The van der Waals surface area contributed by atoms with E-state index in [0.717, 1.165) is 6.08 Å². The number of nitrogens with two attached hydrogens (primary N) is 1. The molecule has 0 fully saturated rings. The van der Waals surface area contributed by atoms with Crippen molar-refractivity contribution in [2.75, 3.05) is 6.54 Å². The molecule has 1 unspecified atom stereocenters. The van der Waals surface area contributed by atoms with E-state index in [1.165, 1.54) is 0 Å². The molecule has 1 rings (SSSR count). The number of amides is 1. The van der Waals surface area contributed by atoms with Crippen molar-refractivity contribution in [3.05, 3.63) is 53.4 Å². The van der Waals surface area contributed by atoms with E-state index in [9.17, 15) is 9.59 Å². The molecule has 3 N–H and O–H groups in total. The summed E-state index contributed by atoms with van der Waals surface area (Å²) in [5, 5.41) is 5.76. The molecule has 0 aliphatic heterocycles. The topological polar surface area (TPSA) is 121 Å². The molecule has 0 aliphatic rings. The summed E-state index contributed by atoms with van der Waals surface area (Å²) in [6.45, 7) is 3.38. The lowest BCUT2D eigenvalue weighted by atomic mass is 10.3. The van der Waals surface area contributed by atoms with Crippen LogP contribution in [0.5, 0.6) is 0 Å². The van der Waals surface area contributed by atoms with Gasteiger partial charge in [0.1, 0.15) is 6.29 Å². The molecule has 0 aliphatic carbocycles. The first-order chi connectivity index (χ1) is 9.13. The monoisotopic (exact) mass is 261 g/mol. The number of rotatable bonds is 5. The van der Waals surface area contributed by atoms with Gasteiger partial charge in [0.25, 0.3) is 0 Å². The van der Waals surface area contributed by atoms with Gasteiger partial charge < -0.3 is 15.8 Å². The van der Waals surface area contributed by atoms with Gasteiger partial charge in [-0.3, -0.25) is 4.79 Å². The van der Waals surface area contributed by atoms with Crippen molar-refractivity contribution >= 4 is 17.9 Å². The fourth-order valence-electron chi connectivity index (χ4n) is 0.885. The van der Waals surface area contributed by atoms with Crippen LogP contribution in [0.25, 0.3) is 10.4 Å². The number of hydrogen-bond acceptors (Lipinski definition) is 4. The second kappa shape index (κ2) is 10.5. The summed E-state index contributed by atoms with van der Waals surface area (Å²) >= 11 is 0. The molecule has 1 aromatic rings. The highest BCUT2D eigenvalue weighted by molar-refractivity contribution is 5.87. The largest absolute Gasteiger partial charge is 0.351 e. The Morgan fingerprint density at radius 2 is 2.16 bits per heavy atom. The van der Waals surface area contributed by atoms with E-state index in [0.29, 0.717) is 12.0 Å². The van der Waals surface area contributed by atoms with Gasteiger partial charge in [-0.2, -0.15) is 0 Å². The SMILES string of the molecule is C=CC(=O)NCC(N)C=O.[N-]=[N+]=Nc1ccccc1. The number of azide groups is 1. The van der Waals surface area contributed by atoms with Crippen LogP contribution in [-0.4, -0.2) is 24.8 Å². The van der Waals surface area contributed by atoms with E-state index in [4.69, 9.17) is 11.3 Å². The highest BCUT2D eigenvalue weighted by atomic mass is 16.1. The average molecular weight is 261 g/mol. The molecule has 0 saturated heterocycles. The average Bonchev–Trinajstić information content (AvgIpc) is 2.46. The summed E-state index contributed by atoms with van der Waals surface area (Å²) in [7, 11) is 0. The Hall–Kier alpha value is -2.63. The molecule has 0 spiro atoms. The van der Waals surface area contributed by atoms with Crippen molar-refractivity contribution < 1.29 is 9.59 Å². The van der Waals surface area contributed by atoms with Gasteiger partial charge in [-0.05, 0) is 11.6 Å². The maximum atomic E-state index is 10.4. The van der Waals surface area contributed by atoms with Gasteiger partial charge in [-0.15, -0.1) is 0 Å². The highest BCUT2D eigenvalue weighted by Crippen LogP contribution is 2.08. The summed E-state index contributed by atoms with van der Waals surface area (Å²) in [5.74, 6) is -0.322. The maximum Gasteiger partial charge on any atom is 0.243 e. The molecule has 0 saturated carbocycles. The molecule has 0 bridgehead atoms. The first-order valence-corrected chi connectivity index (χ1v) is 5.35. The Morgan fingerprint density at radius 1 is 1.53 bits per heavy atom. The fraction of sp³-hybridized carbons (Fsp3) is 0.167. The molecule has 0 radical (unpaired) electrons. The summed E-state index contributed by atoms with van der Waals surface area (Å²) in [5.41, 5.74) is 13.8. The summed E-state index contributed by atoms with van der Waals surface area (Å²) < 4.78 is 0. The van der Waals surface area contributed by atoms with Crippen molar-refractivity contribution in [1.29, 1.82) is 0 Å². The van der Waals surface area contributed by atoms with Gasteiger partial charge >= 0.3 is 0 Å². The van der Waals surface area contributed by atoms with Crippen molar-refractivity contribution in [3.63, 3.8) is 0 Å². The van der Waals surface area contributed by atoms with Gasteiger partial charge in [-0.1, -0.05) is 42.0 Å². The summed E-state index contributed by atoms with van der Waals surface area (Å²) in [6, 6.07) is 8.40. The summed E-state index contributed by atoms with van der Waals surface area (Å²) in [6.07, 6.45) is 1.70. The van der Waals surface area contributed by atoms with Crippen LogP contribution in [0.4, 0.5) is 5.69 Å². The third-order valence-electron chi connectivity index (χ3n) is 1.79. The van der Waals surface area contributed by atoms with E-state index in [1.807, 2.05) is 18.2 Å². The van der Waals surface area contributed by atoms with Crippen LogP contribution in [0.15, 0.2) is 48.1 Å². The van der Waals surface area contributed by atoms with Crippen LogP contribution in [-0.2, 0) is 9.59 Å². The van der Waals surface area contributed by atoms with Crippen LogP contribution in [0.2, 0.25) is 0 Å². The second-order valence-corrected chi connectivity index (χ2v) is 3.27. The maximum absolute atomic E-state index is 10.4. The van der Waals surface area contributed by atoms with E-state index >= 15 is 0 Å². The van der Waals surface area contributed by atoms with Crippen LogP contribution >= 0.6 is 0 Å². The molecule has 7 nitrogen and oxygen atoms in total. The Bertz CT molecular complexity index is 454. The number of carbonyl (C=O) groups excluding carboxylic acids is 2. The number of benzene rings is 1. The van der Waals surface area contributed by atoms with Crippen molar-refractivity contribution in [2.45, 2.75) is 6.04 Å². The predicted octanol–water partition coefficient (Wildman–Crippen LogP) is 1.44. The van der Waals surface area contributed by atoms with E-state index in [2.05, 4.69) is 21.9 Å². The van der Waals surface area contributed by atoms with E-state index in [1.54, 1.807) is 12.1 Å². The molecule has 1 amide bonds. The quantitative estimate of drug-likeness (QED) is 0.274. The number of nitrogens with zero attached hydrogens (tertiary/aromatic N) is 3. The molecule has 7 heteroatoms. The number of aldehydes is 1. The first kappa shape index (κ1) is 16.4. The molecular formula is C12H15N5O2. The Morgan fingerprint density at radius 3 is 2.63 bits per heavy atom. The molecule has 19 heavy (non-hydrogen) atoms. The number of hydrogen-bond donors (Lipinski definition) is 2. The molecule has 0 heterocycles. The predicted molar refractivity (Wildman–Crippen MR) is 72.5 cm³/mol. The van der Waals surface area contributed by atoms with Crippen LogP contribution in [0.1, 0.15) is 0 Å². The minimum atomic E-state index is -0.621. The Balaban J connectivity index is 0.000000342. The van der Waals surface area contributed by atoms with Gasteiger partial charge in [0.05, 0.1) is 6.04 Å². The van der Waals surface area contributed by atoms with Crippen LogP contribution in [0.3, 0.4) is 0 Å².